The zero-order valence-electron chi connectivity index (χ0n) is 18.3. The van der Waals surface area contributed by atoms with Crippen LogP contribution >= 0.6 is 0 Å². The molecule has 28 heavy (non-hydrogen) atoms. The Hall–Kier alpha value is -1.09. The van der Waals surface area contributed by atoms with E-state index in [0.717, 1.165) is 24.7 Å². The third-order valence-electron chi connectivity index (χ3n) is 9.51. The number of furan rings is 1. The Labute approximate surface area is 170 Å². The molecule has 0 radical (unpaired) electrons. The van der Waals surface area contributed by atoms with Gasteiger partial charge in [0, 0.05) is 0 Å². The third-order valence-corrected chi connectivity index (χ3v) is 9.51. The van der Waals surface area contributed by atoms with E-state index >= 15 is 0 Å². The molecule has 156 valence electrons. The number of aliphatic hydroxyl groups is 1. The fourth-order valence-electron chi connectivity index (χ4n) is 7.63. The molecule has 0 aromatic carbocycles. The number of hydrogen-bond donors (Lipinski definition) is 1. The van der Waals surface area contributed by atoms with E-state index in [2.05, 4.69) is 34.6 Å². The van der Waals surface area contributed by atoms with Crippen LogP contribution in [0.15, 0.2) is 22.8 Å². The van der Waals surface area contributed by atoms with Gasteiger partial charge in [-0.2, -0.15) is 0 Å². The molecule has 4 rings (SSSR count). The van der Waals surface area contributed by atoms with E-state index in [-0.39, 0.29) is 17.1 Å². The molecule has 1 N–H and O–H groups in total. The number of Topliss-reactive ketones (excluding diaryl/α,β-unsaturated/α-hetero) is 1. The molecule has 3 aliphatic rings. The summed E-state index contributed by atoms with van der Waals surface area (Å²) in [7, 11) is 0. The van der Waals surface area contributed by atoms with Gasteiger partial charge in [0.1, 0.15) is 0 Å². The van der Waals surface area contributed by atoms with E-state index in [4.69, 9.17) is 4.42 Å². The average Bonchev–Trinajstić information content (AvgIpc) is 3.17. The second-order valence-electron chi connectivity index (χ2n) is 11.2. The van der Waals surface area contributed by atoms with Crippen molar-refractivity contribution in [3.63, 3.8) is 0 Å². The van der Waals surface area contributed by atoms with Gasteiger partial charge in [-0.1, -0.05) is 41.0 Å². The molecule has 0 spiro atoms. The molecule has 3 saturated carbocycles. The highest BCUT2D eigenvalue weighted by Crippen LogP contribution is 2.61. The maximum absolute atomic E-state index is 13.1. The molecule has 1 aromatic rings. The predicted molar refractivity (Wildman–Crippen MR) is 111 cm³/mol. The third kappa shape index (κ3) is 3.00. The first-order valence-corrected chi connectivity index (χ1v) is 11.4. The number of rotatable bonds is 2. The van der Waals surface area contributed by atoms with Crippen molar-refractivity contribution in [1.82, 2.24) is 0 Å². The van der Waals surface area contributed by atoms with E-state index in [1.165, 1.54) is 25.7 Å². The number of carbonyl (C=O) groups is 1. The highest BCUT2D eigenvalue weighted by Gasteiger charge is 2.56. The lowest BCUT2D eigenvalue weighted by molar-refractivity contribution is -0.136. The Morgan fingerprint density at radius 3 is 2.50 bits per heavy atom. The Morgan fingerprint density at radius 1 is 1.07 bits per heavy atom. The maximum atomic E-state index is 13.1. The molecular formula is C25H38O3. The Kier molecular flexibility index (Phi) is 5.05. The van der Waals surface area contributed by atoms with Crippen molar-refractivity contribution < 1.29 is 14.3 Å². The van der Waals surface area contributed by atoms with Crippen molar-refractivity contribution in [3.05, 3.63) is 24.2 Å². The van der Waals surface area contributed by atoms with Crippen LogP contribution in [0.5, 0.6) is 0 Å². The lowest BCUT2D eigenvalue weighted by Gasteiger charge is -2.59. The molecule has 3 heteroatoms. The zero-order chi connectivity index (χ0) is 20.3. The lowest BCUT2D eigenvalue weighted by Crippen LogP contribution is -2.56. The van der Waals surface area contributed by atoms with Crippen molar-refractivity contribution in [2.75, 3.05) is 0 Å². The lowest BCUT2D eigenvalue weighted by atomic mass is 9.47. The van der Waals surface area contributed by atoms with E-state index in [1.54, 1.807) is 18.4 Å². The summed E-state index contributed by atoms with van der Waals surface area (Å²) >= 11 is 0. The first kappa shape index (κ1) is 20.2. The van der Waals surface area contributed by atoms with Crippen LogP contribution in [0.2, 0.25) is 0 Å². The summed E-state index contributed by atoms with van der Waals surface area (Å²) in [6.45, 7) is 12.0. The van der Waals surface area contributed by atoms with Crippen molar-refractivity contribution in [1.29, 1.82) is 0 Å². The first-order valence-electron chi connectivity index (χ1n) is 11.4. The fourth-order valence-corrected chi connectivity index (χ4v) is 7.63. The Bertz CT molecular complexity index is 705. The van der Waals surface area contributed by atoms with E-state index in [0.29, 0.717) is 28.9 Å². The number of carbonyl (C=O) groups excluding carboxylic acids is 1. The van der Waals surface area contributed by atoms with Gasteiger partial charge in [0.05, 0.1) is 18.3 Å². The summed E-state index contributed by atoms with van der Waals surface area (Å²) in [5.41, 5.74) is 0.194. The van der Waals surface area contributed by atoms with E-state index in [9.17, 15) is 9.90 Å². The van der Waals surface area contributed by atoms with Crippen LogP contribution in [0.4, 0.5) is 0 Å². The summed E-state index contributed by atoms with van der Waals surface area (Å²) in [6, 6.07) is 3.50. The largest absolute Gasteiger partial charge is 0.461 e. The molecule has 3 fully saturated rings. The van der Waals surface area contributed by atoms with E-state index in [1.807, 2.05) is 0 Å². The zero-order valence-corrected chi connectivity index (χ0v) is 18.3. The van der Waals surface area contributed by atoms with Gasteiger partial charge in [-0.3, -0.25) is 4.79 Å². The number of fused-ring (bicyclic) bond motifs is 3. The van der Waals surface area contributed by atoms with Gasteiger partial charge in [0.2, 0.25) is 5.78 Å². The van der Waals surface area contributed by atoms with Gasteiger partial charge in [0.25, 0.3) is 0 Å². The Morgan fingerprint density at radius 2 is 1.82 bits per heavy atom. The molecule has 0 saturated heterocycles. The second kappa shape index (κ2) is 7.00. The van der Waals surface area contributed by atoms with Gasteiger partial charge in [-0.15, -0.1) is 0 Å². The van der Waals surface area contributed by atoms with Crippen LogP contribution in [0.3, 0.4) is 0 Å². The Balaban J connectivity index is 1.66. The molecule has 1 heterocycles. The molecule has 3 nitrogen and oxygen atoms in total. The van der Waals surface area contributed by atoms with Crippen LogP contribution in [0, 0.1) is 46.3 Å². The van der Waals surface area contributed by atoms with Crippen LogP contribution in [-0.4, -0.2) is 17.0 Å². The summed E-state index contributed by atoms with van der Waals surface area (Å²) in [6.07, 6.45) is 7.80. The van der Waals surface area contributed by atoms with Crippen LogP contribution in [0.1, 0.15) is 83.7 Å². The van der Waals surface area contributed by atoms with Crippen molar-refractivity contribution in [2.45, 2.75) is 79.2 Å². The average molecular weight is 387 g/mol. The summed E-state index contributed by atoms with van der Waals surface area (Å²) in [5.74, 6) is 3.18. The molecule has 1 aromatic heterocycles. The smallest absolute Gasteiger partial charge is 0.203 e. The maximum Gasteiger partial charge on any atom is 0.203 e. The standard InChI is InChI=1S/C25H38O3/c1-15-8-9-17-14-20-16(2)13-18(22(26)21-7-6-12-28-21)23(27)25(20,5)11-10-19(15)24(17,3)4/h6-7,12,15-20,23,27H,8-11,13-14H2,1-5H3/t15-,16-,17+,18?,19+,20-,23?,25+/m1/s1. The van der Waals surface area contributed by atoms with Crippen molar-refractivity contribution in [2.24, 2.45) is 46.3 Å². The minimum atomic E-state index is -0.580. The predicted octanol–water partition coefficient (Wildman–Crippen LogP) is 5.97. The monoisotopic (exact) mass is 386 g/mol. The normalized spacial score (nSPS) is 45.6. The summed E-state index contributed by atoms with van der Waals surface area (Å²) in [5, 5.41) is 11.5. The number of hydrogen-bond acceptors (Lipinski definition) is 3. The topological polar surface area (TPSA) is 50.4 Å². The van der Waals surface area contributed by atoms with Crippen molar-refractivity contribution in [3.8, 4) is 0 Å². The molecule has 2 bridgehead atoms. The quantitative estimate of drug-likeness (QED) is 0.637. The molecule has 8 atom stereocenters. The summed E-state index contributed by atoms with van der Waals surface area (Å²) < 4.78 is 5.39. The minimum absolute atomic E-state index is 0.0139. The van der Waals surface area contributed by atoms with Gasteiger partial charge in [-0.25, -0.2) is 0 Å². The molecule has 0 aliphatic heterocycles. The SMILES string of the molecule is C[C@@H]1CC(C(=O)c2ccco2)C(O)[C@@]2(C)CC[C@H]3[C@H](C)CC[C@@H](C[C@H]12)C3(C)C. The fraction of sp³-hybridized carbons (Fsp3) is 0.800. The number of aliphatic hydroxyl groups excluding tert-OH is 1. The van der Waals surface area contributed by atoms with Crippen LogP contribution in [0.25, 0.3) is 0 Å². The van der Waals surface area contributed by atoms with Gasteiger partial charge >= 0.3 is 0 Å². The molecule has 3 aliphatic carbocycles. The molecule has 0 amide bonds. The van der Waals surface area contributed by atoms with E-state index < -0.39 is 6.10 Å². The van der Waals surface area contributed by atoms with Gasteiger partial charge in [-0.05, 0) is 84.7 Å². The van der Waals surface area contributed by atoms with Gasteiger partial charge < -0.3 is 9.52 Å². The molecule has 2 unspecified atom stereocenters. The second-order valence-corrected chi connectivity index (χ2v) is 11.2. The first-order chi connectivity index (χ1) is 13.2. The summed E-state index contributed by atoms with van der Waals surface area (Å²) in [4.78, 5) is 13.1. The highest BCUT2D eigenvalue weighted by atomic mass is 16.3. The van der Waals surface area contributed by atoms with Crippen LogP contribution < -0.4 is 0 Å². The molecular weight excluding hydrogens is 348 g/mol. The van der Waals surface area contributed by atoms with Gasteiger partial charge in [0.15, 0.2) is 5.76 Å². The number of ketones is 1. The minimum Gasteiger partial charge on any atom is -0.461 e. The van der Waals surface area contributed by atoms with Crippen molar-refractivity contribution >= 4 is 5.78 Å². The highest BCUT2D eigenvalue weighted by molar-refractivity contribution is 5.95. The van der Waals surface area contributed by atoms with Crippen LogP contribution in [-0.2, 0) is 0 Å².